The van der Waals surface area contributed by atoms with Gasteiger partial charge in [-0.3, -0.25) is 4.98 Å². The van der Waals surface area contributed by atoms with Crippen molar-refractivity contribution in [1.82, 2.24) is 25.1 Å². The molecule has 9 heteroatoms. The summed E-state index contributed by atoms with van der Waals surface area (Å²) in [7, 11) is 3.97. The molecule has 0 aliphatic heterocycles. The minimum absolute atomic E-state index is 0.344. The quantitative estimate of drug-likeness (QED) is 0.603. The van der Waals surface area contributed by atoms with E-state index in [-0.39, 0.29) is 0 Å². The second-order valence-corrected chi connectivity index (χ2v) is 6.71. The third-order valence-corrected chi connectivity index (χ3v) is 4.14. The molecule has 0 spiro atoms. The van der Waals surface area contributed by atoms with E-state index in [1.807, 2.05) is 20.2 Å². The summed E-state index contributed by atoms with van der Waals surface area (Å²) in [5.41, 5.74) is 0.743. The van der Waals surface area contributed by atoms with Gasteiger partial charge in [0, 0.05) is 18.3 Å². The van der Waals surface area contributed by atoms with Gasteiger partial charge in [0.1, 0.15) is 11.4 Å². The lowest BCUT2D eigenvalue weighted by Crippen LogP contribution is -2.17. The summed E-state index contributed by atoms with van der Waals surface area (Å²) < 4.78 is 38.5. The van der Waals surface area contributed by atoms with Crippen molar-refractivity contribution in [3.8, 4) is 22.8 Å². The Morgan fingerprint density at radius 2 is 1.76 bits per heavy atom. The molecule has 1 N–H and O–H groups in total. The van der Waals surface area contributed by atoms with Crippen LogP contribution in [0.2, 0.25) is 0 Å². The maximum atomic E-state index is 12.8. The van der Waals surface area contributed by atoms with Crippen molar-refractivity contribution in [2.45, 2.75) is 12.6 Å². The van der Waals surface area contributed by atoms with Gasteiger partial charge in [-0.15, -0.1) is 10.2 Å². The van der Waals surface area contributed by atoms with Crippen molar-refractivity contribution in [3.63, 3.8) is 0 Å². The number of alkyl halides is 3. The molecule has 0 fully saturated rings. The lowest BCUT2D eigenvalue weighted by Gasteiger charge is -2.13. The van der Waals surface area contributed by atoms with Gasteiger partial charge in [-0.2, -0.15) is 13.2 Å². The number of hydrogen-bond acceptors (Lipinski definition) is 6. The standard InChI is InChI=1S/C20H21F3N6/c1-29(2)13-5-12-25-19-17(14-7-9-15(10-8-14)20(21,22)23)27-28-18(26-19)16-6-3-4-11-24-16/h3-4,6-11H,5,12-13H2,1-2H3,(H,25,26,28). The molecule has 3 aromatic rings. The number of hydrogen-bond donors (Lipinski definition) is 1. The van der Waals surface area contributed by atoms with E-state index in [0.717, 1.165) is 25.1 Å². The Hall–Kier alpha value is -3.07. The molecule has 29 heavy (non-hydrogen) atoms. The second-order valence-electron chi connectivity index (χ2n) is 6.71. The Labute approximate surface area is 166 Å². The molecule has 6 nitrogen and oxygen atoms in total. The van der Waals surface area contributed by atoms with Crippen molar-refractivity contribution >= 4 is 5.82 Å². The van der Waals surface area contributed by atoms with E-state index in [1.165, 1.54) is 12.1 Å². The molecule has 0 atom stereocenters. The lowest BCUT2D eigenvalue weighted by atomic mass is 10.1. The van der Waals surface area contributed by atoms with Crippen molar-refractivity contribution < 1.29 is 13.2 Å². The number of aromatic nitrogens is 4. The first-order valence-electron chi connectivity index (χ1n) is 9.07. The molecule has 2 heterocycles. The Morgan fingerprint density at radius 1 is 1.00 bits per heavy atom. The zero-order valence-electron chi connectivity index (χ0n) is 16.1. The first-order valence-corrected chi connectivity index (χ1v) is 9.07. The third-order valence-electron chi connectivity index (χ3n) is 4.14. The highest BCUT2D eigenvalue weighted by Crippen LogP contribution is 2.32. The number of rotatable bonds is 7. The first kappa shape index (κ1) is 20.7. The van der Waals surface area contributed by atoms with E-state index in [0.29, 0.717) is 35.1 Å². The molecule has 0 unspecified atom stereocenters. The number of nitrogens with zero attached hydrogens (tertiary/aromatic N) is 5. The van der Waals surface area contributed by atoms with Crippen molar-refractivity contribution in [1.29, 1.82) is 0 Å². The van der Waals surface area contributed by atoms with Crippen LogP contribution in [0.3, 0.4) is 0 Å². The number of nitrogens with one attached hydrogen (secondary N) is 1. The van der Waals surface area contributed by atoms with Crippen LogP contribution >= 0.6 is 0 Å². The monoisotopic (exact) mass is 402 g/mol. The molecule has 0 saturated carbocycles. The van der Waals surface area contributed by atoms with E-state index >= 15 is 0 Å². The van der Waals surface area contributed by atoms with Crippen molar-refractivity contribution in [3.05, 3.63) is 54.2 Å². The molecular weight excluding hydrogens is 381 g/mol. The van der Waals surface area contributed by atoms with Crippen LogP contribution in [0.1, 0.15) is 12.0 Å². The summed E-state index contributed by atoms with van der Waals surface area (Å²) in [6, 6.07) is 10.2. The van der Waals surface area contributed by atoms with Gasteiger partial charge in [-0.05, 0) is 51.3 Å². The lowest BCUT2D eigenvalue weighted by molar-refractivity contribution is -0.137. The minimum Gasteiger partial charge on any atom is -0.368 e. The topological polar surface area (TPSA) is 66.8 Å². The summed E-state index contributed by atoms with van der Waals surface area (Å²) >= 11 is 0. The van der Waals surface area contributed by atoms with Crippen molar-refractivity contribution in [2.24, 2.45) is 0 Å². The van der Waals surface area contributed by atoms with Gasteiger partial charge in [0.25, 0.3) is 0 Å². The predicted molar refractivity (Wildman–Crippen MR) is 105 cm³/mol. The molecule has 0 saturated heterocycles. The summed E-state index contributed by atoms with van der Waals surface area (Å²) in [4.78, 5) is 10.8. The maximum Gasteiger partial charge on any atom is 0.416 e. The van der Waals surface area contributed by atoms with Gasteiger partial charge >= 0.3 is 6.18 Å². The van der Waals surface area contributed by atoms with E-state index < -0.39 is 11.7 Å². The van der Waals surface area contributed by atoms with E-state index in [4.69, 9.17) is 0 Å². The number of anilines is 1. The average Bonchev–Trinajstić information content (AvgIpc) is 2.71. The molecule has 1 aromatic carbocycles. The van der Waals surface area contributed by atoms with E-state index in [9.17, 15) is 13.2 Å². The van der Waals surface area contributed by atoms with Gasteiger partial charge in [-0.1, -0.05) is 18.2 Å². The molecule has 2 aromatic heterocycles. The van der Waals surface area contributed by atoms with Gasteiger partial charge in [-0.25, -0.2) is 4.98 Å². The Balaban J connectivity index is 1.92. The van der Waals surface area contributed by atoms with Gasteiger partial charge in [0.2, 0.25) is 5.82 Å². The zero-order chi connectivity index (χ0) is 20.9. The summed E-state index contributed by atoms with van der Waals surface area (Å²) in [6.07, 6.45) is -1.90. The van der Waals surface area contributed by atoms with Crippen LogP contribution in [0.4, 0.5) is 19.0 Å². The average molecular weight is 402 g/mol. The van der Waals surface area contributed by atoms with Crippen LogP contribution in [-0.2, 0) is 6.18 Å². The maximum absolute atomic E-state index is 12.8. The normalized spacial score (nSPS) is 11.7. The molecule has 0 amide bonds. The molecule has 152 valence electrons. The smallest absolute Gasteiger partial charge is 0.368 e. The van der Waals surface area contributed by atoms with Crippen LogP contribution in [-0.4, -0.2) is 52.3 Å². The number of benzene rings is 1. The van der Waals surface area contributed by atoms with Crippen LogP contribution in [0.15, 0.2) is 48.7 Å². The fraction of sp³-hybridized carbons (Fsp3) is 0.300. The third kappa shape index (κ3) is 5.47. The highest BCUT2D eigenvalue weighted by Gasteiger charge is 2.30. The minimum atomic E-state index is -4.39. The molecule has 0 radical (unpaired) electrons. The Kier molecular flexibility index (Phi) is 6.38. The van der Waals surface area contributed by atoms with Crippen LogP contribution in [0.5, 0.6) is 0 Å². The first-order chi connectivity index (χ1) is 13.8. The van der Waals surface area contributed by atoms with Crippen LogP contribution < -0.4 is 5.32 Å². The summed E-state index contributed by atoms with van der Waals surface area (Å²) in [5, 5.41) is 11.6. The fourth-order valence-corrected chi connectivity index (χ4v) is 2.67. The highest BCUT2D eigenvalue weighted by molar-refractivity contribution is 5.72. The van der Waals surface area contributed by atoms with E-state index in [1.54, 1.807) is 18.3 Å². The zero-order valence-corrected chi connectivity index (χ0v) is 16.1. The Bertz CT molecular complexity index is 927. The fourth-order valence-electron chi connectivity index (χ4n) is 2.67. The van der Waals surface area contributed by atoms with Crippen LogP contribution in [0, 0.1) is 0 Å². The largest absolute Gasteiger partial charge is 0.416 e. The van der Waals surface area contributed by atoms with Gasteiger partial charge in [0.15, 0.2) is 5.82 Å². The molecule has 0 bridgehead atoms. The summed E-state index contributed by atoms with van der Waals surface area (Å²) in [6.45, 7) is 1.51. The van der Waals surface area contributed by atoms with Gasteiger partial charge in [0.05, 0.1) is 5.56 Å². The molecule has 3 rings (SSSR count). The highest BCUT2D eigenvalue weighted by atomic mass is 19.4. The second kappa shape index (κ2) is 8.95. The number of pyridine rings is 1. The predicted octanol–water partition coefficient (Wildman–Crippen LogP) is 3.98. The molecule has 0 aliphatic carbocycles. The molecular formula is C20H21F3N6. The van der Waals surface area contributed by atoms with Crippen LogP contribution in [0.25, 0.3) is 22.8 Å². The number of halogens is 3. The Morgan fingerprint density at radius 3 is 2.38 bits per heavy atom. The van der Waals surface area contributed by atoms with Gasteiger partial charge < -0.3 is 10.2 Å². The van der Waals surface area contributed by atoms with Crippen molar-refractivity contribution in [2.75, 3.05) is 32.5 Å². The molecule has 0 aliphatic rings. The summed E-state index contributed by atoms with van der Waals surface area (Å²) in [5.74, 6) is 0.801. The van der Waals surface area contributed by atoms with E-state index in [2.05, 4.69) is 30.4 Å². The SMILES string of the molecule is CN(C)CCCNc1nc(-c2ccccn2)nnc1-c1ccc(C(F)(F)F)cc1.